The largest absolute Gasteiger partial charge is 0.480 e. The minimum Gasteiger partial charge on any atom is -0.480 e. The highest BCUT2D eigenvalue weighted by molar-refractivity contribution is 5.83. The topological polar surface area (TPSA) is 89.9 Å². The molecule has 1 aliphatic heterocycles. The molecule has 0 saturated carbocycles. The predicted molar refractivity (Wildman–Crippen MR) is 52.8 cm³/mol. The van der Waals surface area contributed by atoms with E-state index in [1.165, 1.54) is 0 Å². The maximum absolute atomic E-state index is 11.9. The number of hydrogen-bond acceptors (Lipinski definition) is 3. The van der Waals surface area contributed by atoms with E-state index in [0.717, 1.165) is 4.90 Å². The van der Waals surface area contributed by atoms with Crippen LogP contribution in [0.15, 0.2) is 0 Å². The molecule has 1 rings (SSSR count). The molecule has 2 atom stereocenters. The molecule has 1 aliphatic rings. The number of alkyl halides is 3. The molecule has 0 aliphatic carbocycles. The third-order valence-electron chi connectivity index (χ3n) is 2.51. The normalized spacial score (nSPS) is 24.1. The van der Waals surface area contributed by atoms with E-state index in [0.29, 0.717) is 0 Å². The van der Waals surface area contributed by atoms with Gasteiger partial charge in [0.15, 0.2) is 0 Å². The van der Waals surface area contributed by atoms with Crippen LogP contribution in [0.5, 0.6) is 0 Å². The summed E-state index contributed by atoms with van der Waals surface area (Å²) in [6.45, 7) is -0.823. The second-order valence-corrected chi connectivity index (χ2v) is 3.99. The first-order valence-electron chi connectivity index (χ1n) is 5.23. The molecule has 3 N–H and O–H groups in total. The molecule has 2 amide bonds. The molecule has 0 aromatic carbocycles. The Balaban J connectivity index is 2.48. The Labute approximate surface area is 100 Å². The van der Waals surface area contributed by atoms with E-state index in [4.69, 9.17) is 5.11 Å². The van der Waals surface area contributed by atoms with Crippen molar-refractivity contribution in [3.05, 3.63) is 0 Å². The lowest BCUT2D eigenvalue weighted by atomic mass is 10.2. The standard InChI is InChI=1S/C9H13F3N2O4/c10-9(11,12)1-2-13-8(18)14-4-5(15)3-6(14)7(16)17/h5-6,15H,1-4H2,(H,13,18)(H,16,17)/t5-,6-/m0/s1. The van der Waals surface area contributed by atoms with Crippen molar-refractivity contribution in [3.63, 3.8) is 0 Å². The molecule has 0 bridgehead atoms. The number of aliphatic hydroxyl groups is 1. The highest BCUT2D eigenvalue weighted by Crippen LogP contribution is 2.20. The summed E-state index contributed by atoms with van der Waals surface area (Å²) in [7, 11) is 0. The molecule has 9 heteroatoms. The quantitative estimate of drug-likeness (QED) is 0.682. The molecule has 6 nitrogen and oxygen atoms in total. The maximum atomic E-state index is 11.9. The van der Waals surface area contributed by atoms with E-state index in [1.807, 2.05) is 5.32 Å². The highest BCUT2D eigenvalue weighted by atomic mass is 19.4. The van der Waals surface area contributed by atoms with Gasteiger partial charge in [0.25, 0.3) is 0 Å². The van der Waals surface area contributed by atoms with Gasteiger partial charge in [-0.3, -0.25) is 0 Å². The Kier molecular flexibility index (Phi) is 4.38. The van der Waals surface area contributed by atoms with Crippen molar-refractivity contribution in [3.8, 4) is 0 Å². The number of aliphatic hydroxyl groups excluding tert-OH is 1. The van der Waals surface area contributed by atoms with Crippen molar-refractivity contribution < 1.29 is 33.0 Å². The number of β-amino-alcohol motifs (C(OH)–C–C–N with tert-alkyl or cyclic N) is 1. The fourth-order valence-corrected chi connectivity index (χ4v) is 1.69. The molecule has 1 heterocycles. The third kappa shape index (κ3) is 4.06. The van der Waals surface area contributed by atoms with Gasteiger partial charge < -0.3 is 20.4 Å². The monoisotopic (exact) mass is 270 g/mol. The van der Waals surface area contributed by atoms with E-state index in [9.17, 15) is 27.9 Å². The lowest BCUT2D eigenvalue weighted by Gasteiger charge is -2.21. The van der Waals surface area contributed by atoms with Crippen LogP contribution in [-0.4, -0.2) is 58.5 Å². The van der Waals surface area contributed by atoms with Gasteiger partial charge >= 0.3 is 18.2 Å². The molecule has 18 heavy (non-hydrogen) atoms. The van der Waals surface area contributed by atoms with Crippen molar-refractivity contribution in [2.75, 3.05) is 13.1 Å². The average molecular weight is 270 g/mol. The molecule has 0 aromatic rings. The molecule has 104 valence electrons. The maximum Gasteiger partial charge on any atom is 0.390 e. The van der Waals surface area contributed by atoms with Crippen molar-refractivity contribution in [2.24, 2.45) is 0 Å². The van der Waals surface area contributed by atoms with Crippen LogP contribution in [0.2, 0.25) is 0 Å². The number of carboxylic acid groups (broad SMARTS) is 1. The van der Waals surface area contributed by atoms with Crippen molar-refractivity contribution in [1.82, 2.24) is 10.2 Å². The van der Waals surface area contributed by atoms with E-state index in [-0.39, 0.29) is 13.0 Å². The summed E-state index contributed by atoms with van der Waals surface area (Å²) < 4.78 is 35.6. The molecule has 0 radical (unpaired) electrons. The summed E-state index contributed by atoms with van der Waals surface area (Å²) in [6, 6.07) is -2.12. The van der Waals surface area contributed by atoms with Gasteiger partial charge in [0.1, 0.15) is 6.04 Å². The zero-order chi connectivity index (χ0) is 13.9. The van der Waals surface area contributed by atoms with Crippen molar-refractivity contribution >= 4 is 12.0 Å². The van der Waals surface area contributed by atoms with Crippen LogP contribution in [-0.2, 0) is 4.79 Å². The zero-order valence-electron chi connectivity index (χ0n) is 9.28. The van der Waals surface area contributed by atoms with Gasteiger partial charge in [-0.05, 0) is 0 Å². The Morgan fingerprint density at radius 2 is 2.00 bits per heavy atom. The lowest BCUT2D eigenvalue weighted by molar-refractivity contribution is -0.141. The van der Waals surface area contributed by atoms with Gasteiger partial charge in [-0.1, -0.05) is 0 Å². The summed E-state index contributed by atoms with van der Waals surface area (Å²) >= 11 is 0. The van der Waals surface area contributed by atoms with Gasteiger partial charge in [0, 0.05) is 19.5 Å². The number of urea groups is 1. The number of carbonyl (C=O) groups is 2. The van der Waals surface area contributed by atoms with Crippen LogP contribution in [0.4, 0.5) is 18.0 Å². The highest BCUT2D eigenvalue weighted by Gasteiger charge is 2.39. The number of amides is 2. The molecule has 1 saturated heterocycles. The molecule has 0 unspecified atom stereocenters. The number of rotatable bonds is 3. The fourth-order valence-electron chi connectivity index (χ4n) is 1.69. The first-order valence-corrected chi connectivity index (χ1v) is 5.23. The van der Waals surface area contributed by atoms with Gasteiger partial charge in [-0.15, -0.1) is 0 Å². The van der Waals surface area contributed by atoms with Crippen LogP contribution in [0, 0.1) is 0 Å². The second-order valence-electron chi connectivity index (χ2n) is 3.99. The van der Waals surface area contributed by atoms with Crippen LogP contribution >= 0.6 is 0 Å². The predicted octanol–water partition coefficient (Wildman–Crippen LogP) is 0.168. The van der Waals surface area contributed by atoms with Gasteiger partial charge in [-0.2, -0.15) is 13.2 Å². The number of likely N-dealkylation sites (tertiary alicyclic amines) is 1. The summed E-state index contributed by atoms with van der Waals surface area (Å²) in [5.74, 6) is -1.29. The van der Waals surface area contributed by atoms with E-state index in [1.54, 1.807) is 0 Å². The van der Waals surface area contributed by atoms with Crippen LogP contribution < -0.4 is 5.32 Å². The van der Waals surface area contributed by atoms with E-state index < -0.39 is 43.3 Å². The zero-order valence-corrected chi connectivity index (χ0v) is 9.28. The van der Waals surface area contributed by atoms with Crippen molar-refractivity contribution in [1.29, 1.82) is 0 Å². The third-order valence-corrected chi connectivity index (χ3v) is 2.51. The molecular formula is C9H13F3N2O4. The molecule has 0 aromatic heterocycles. The minimum atomic E-state index is -4.38. The van der Waals surface area contributed by atoms with Crippen LogP contribution in [0.1, 0.15) is 12.8 Å². The van der Waals surface area contributed by atoms with Gasteiger partial charge in [0.05, 0.1) is 12.5 Å². The van der Waals surface area contributed by atoms with E-state index in [2.05, 4.69) is 0 Å². The Morgan fingerprint density at radius 3 is 2.50 bits per heavy atom. The smallest absolute Gasteiger partial charge is 0.390 e. The van der Waals surface area contributed by atoms with Crippen LogP contribution in [0.3, 0.4) is 0 Å². The average Bonchev–Trinajstić information content (AvgIpc) is 2.58. The first-order chi connectivity index (χ1) is 8.20. The summed E-state index contributed by atoms with van der Waals surface area (Å²) in [4.78, 5) is 23.1. The molecular weight excluding hydrogens is 257 g/mol. The van der Waals surface area contributed by atoms with Gasteiger partial charge in [-0.25, -0.2) is 9.59 Å². The minimum absolute atomic E-state index is 0.123. The Hall–Kier alpha value is -1.51. The number of nitrogens with one attached hydrogen (secondary N) is 1. The Bertz CT molecular complexity index is 334. The number of carbonyl (C=O) groups excluding carboxylic acids is 1. The molecule has 1 fully saturated rings. The number of hydrogen-bond donors (Lipinski definition) is 3. The number of nitrogens with zero attached hydrogens (tertiary/aromatic N) is 1. The summed E-state index contributed by atoms with van der Waals surface area (Å²) in [5, 5.41) is 20.0. The summed E-state index contributed by atoms with van der Waals surface area (Å²) in [6.07, 6.45) is -6.67. The second kappa shape index (κ2) is 5.42. The number of aliphatic carboxylic acids is 1. The summed E-state index contributed by atoms with van der Waals surface area (Å²) in [5.41, 5.74) is 0. The lowest BCUT2D eigenvalue weighted by Crippen LogP contribution is -2.46. The van der Waals surface area contributed by atoms with Crippen molar-refractivity contribution in [2.45, 2.75) is 31.2 Å². The fraction of sp³-hybridized carbons (Fsp3) is 0.778. The number of carboxylic acids is 1. The first kappa shape index (κ1) is 14.6. The van der Waals surface area contributed by atoms with Crippen LogP contribution in [0.25, 0.3) is 0 Å². The van der Waals surface area contributed by atoms with E-state index >= 15 is 0 Å². The van der Waals surface area contributed by atoms with Gasteiger partial charge in [0.2, 0.25) is 0 Å². The molecule has 0 spiro atoms. The number of halogens is 3. The Morgan fingerprint density at radius 1 is 1.39 bits per heavy atom. The SMILES string of the molecule is O=C(O)[C@@H]1C[C@H](O)CN1C(=O)NCCC(F)(F)F.